The van der Waals surface area contributed by atoms with Crippen molar-refractivity contribution in [1.29, 1.82) is 0 Å². The van der Waals surface area contributed by atoms with Crippen LogP contribution in [0, 0.1) is 23.2 Å². The zero-order chi connectivity index (χ0) is 28.8. The van der Waals surface area contributed by atoms with E-state index in [1.165, 1.54) is 12.1 Å². The number of phenolic OH excluding ortho intramolecular Hbond substituents is 1. The number of fused-ring (bicyclic) bond motifs is 3. The summed E-state index contributed by atoms with van der Waals surface area (Å²) in [4.78, 5) is 25.5. The first-order valence-corrected chi connectivity index (χ1v) is 13.8. The molecule has 1 aromatic carbocycles. The van der Waals surface area contributed by atoms with Crippen LogP contribution in [0.3, 0.4) is 0 Å². The van der Waals surface area contributed by atoms with Crippen LogP contribution in [0.15, 0.2) is 35.9 Å². The van der Waals surface area contributed by atoms with Gasteiger partial charge in [-0.25, -0.2) is 0 Å². The molecule has 5 N–H and O–H groups in total. The fraction of sp³-hybridized carbons (Fsp3) is 0.655. The van der Waals surface area contributed by atoms with Gasteiger partial charge in [0, 0.05) is 23.7 Å². The van der Waals surface area contributed by atoms with Crippen molar-refractivity contribution in [3.63, 3.8) is 0 Å². The molecular formula is C29H38O11. The molecule has 0 spiro atoms. The van der Waals surface area contributed by atoms with E-state index in [9.17, 15) is 35.1 Å². The second-order valence-electron chi connectivity index (χ2n) is 11.7. The lowest BCUT2D eigenvalue weighted by Crippen LogP contribution is -2.59. The van der Waals surface area contributed by atoms with Crippen molar-refractivity contribution in [1.82, 2.24) is 0 Å². The van der Waals surface area contributed by atoms with Gasteiger partial charge in [-0.05, 0) is 36.1 Å². The van der Waals surface area contributed by atoms with Gasteiger partial charge in [-0.1, -0.05) is 32.1 Å². The van der Waals surface area contributed by atoms with Gasteiger partial charge in [-0.3, -0.25) is 9.59 Å². The summed E-state index contributed by atoms with van der Waals surface area (Å²) in [6, 6.07) is 6.37. The van der Waals surface area contributed by atoms with Gasteiger partial charge in [0.25, 0.3) is 0 Å². The highest BCUT2D eigenvalue weighted by Gasteiger charge is 2.60. The van der Waals surface area contributed by atoms with Gasteiger partial charge in [0.1, 0.15) is 42.4 Å². The summed E-state index contributed by atoms with van der Waals surface area (Å²) in [5.41, 5.74) is 0.951. The van der Waals surface area contributed by atoms with Crippen LogP contribution < -0.4 is 0 Å². The first-order chi connectivity index (χ1) is 19.0. The summed E-state index contributed by atoms with van der Waals surface area (Å²) in [6.07, 6.45) is -4.12. The van der Waals surface area contributed by atoms with Crippen molar-refractivity contribution in [2.24, 2.45) is 23.2 Å². The topological polar surface area (TPSA) is 172 Å². The largest absolute Gasteiger partial charge is 0.508 e. The lowest BCUT2D eigenvalue weighted by molar-refractivity contribution is -0.299. The molecule has 5 rings (SSSR count). The normalized spacial score (nSPS) is 41.0. The van der Waals surface area contributed by atoms with E-state index in [0.29, 0.717) is 18.4 Å². The van der Waals surface area contributed by atoms with Crippen molar-refractivity contribution in [3.8, 4) is 5.75 Å². The molecule has 3 fully saturated rings. The van der Waals surface area contributed by atoms with E-state index in [1.807, 2.05) is 19.9 Å². The molecule has 2 aliphatic heterocycles. The highest BCUT2D eigenvalue weighted by Crippen LogP contribution is 2.57. The maximum atomic E-state index is 13.0. The number of esters is 2. The van der Waals surface area contributed by atoms with E-state index in [2.05, 4.69) is 0 Å². The van der Waals surface area contributed by atoms with Gasteiger partial charge in [-0.2, -0.15) is 0 Å². The predicted octanol–water partition coefficient (Wildman–Crippen LogP) is 0.587. The number of phenols is 1. The van der Waals surface area contributed by atoms with Crippen LogP contribution in [0.25, 0.3) is 0 Å². The Balaban J connectivity index is 1.36. The zero-order valence-corrected chi connectivity index (χ0v) is 22.6. The van der Waals surface area contributed by atoms with Crippen LogP contribution in [0.2, 0.25) is 0 Å². The number of carbonyl (C=O) groups excluding carboxylic acids is 2. The summed E-state index contributed by atoms with van der Waals surface area (Å²) in [7, 11) is 0. The molecule has 11 nitrogen and oxygen atoms in total. The monoisotopic (exact) mass is 562 g/mol. The molecule has 220 valence electrons. The lowest BCUT2D eigenvalue weighted by Gasteiger charge is -2.53. The number of rotatable bonds is 7. The van der Waals surface area contributed by atoms with Crippen molar-refractivity contribution in [3.05, 3.63) is 41.5 Å². The average Bonchev–Trinajstić information content (AvgIpc) is 3.22. The number of carbonyl (C=O) groups is 2. The number of benzene rings is 1. The molecule has 2 saturated heterocycles. The molecule has 0 radical (unpaired) electrons. The van der Waals surface area contributed by atoms with Crippen LogP contribution in [-0.2, 0) is 35.0 Å². The first-order valence-electron chi connectivity index (χ1n) is 13.8. The number of aliphatic hydroxyl groups is 4. The number of hydrogen-bond donors (Lipinski definition) is 5. The van der Waals surface area contributed by atoms with Crippen LogP contribution in [0.1, 0.15) is 38.7 Å². The summed E-state index contributed by atoms with van der Waals surface area (Å²) in [5.74, 6) is -1.15. The average molecular weight is 563 g/mol. The van der Waals surface area contributed by atoms with Crippen molar-refractivity contribution >= 4 is 11.9 Å². The molecule has 2 aliphatic carbocycles. The van der Waals surface area contributed by atoms with Gasteiger partial charge < -0.3 is 44.5 Å². The maximum Gasteiger partial charge on any atom is 0.310 e. The number of ether oxygens (including phenoxy) is 4. The third-order valence-electron chi connectivity index (χ3n) is 9.29. The van der Waals surface area contributed by atoms with Crippen LogP contribution in [0.4, 0.5) is 0 Å². The molecule has 1 saturated carbocycles. The molecule has 11 heteroatoms. The van der Waals surface area contributed by atoms with Crippen LogP contribution in [0.5, 0.6) is 5.75 Å². The zero-order valence-electron chi connectivity index (χ0n) is 22.6. The van der Waals surface area contributed by atoms with E-state index < -0.39 is 60.9 Å². The number of hydrogen-bond acceptors (Lipinski definition) is 11. The van der Waals surface area contributed by atoms with Crippen molar-refractivity contribution < 1.29 is 54.1 Å². The van der Waals surface area contributed by atoms with E-state index in [0.717, 1.165) is 12.0 Å². The van der Waals surface area contributed by atoms with E-state index in [4.69, 9.17) is 18.9 Å². The van der Waals surface area contributed by atoms with E-state index >= 15 is 0 Å². The Bertz CT molecular complexity index is 1120. The fourth-order valence-electron chi connectivity index (χ4n) is 6.87. The summed E-state index contributed by atoms with van der Waals surface area (Å²) in [6.45, 7) is 3.31. The third kappa shape index (κ3) is 5.26. The Morgan fingerprint density at radius 3 is 2.55 bits per heavy atom. The molecule has 1 aromatic rings. The minimum Gasteiger partial charge on any atom is -0.508 e. The number of aliphatic hydroxyl groups excluding tert-OH is 4. The second-order valence-corrected chi connectivity index (χ2v) is 11.7. The van der Waals surface area contributed by atoms with Gasteiger partial charge in [0.2, 0.25) is 0 Å². The maximum absolute atomic E-state index is 13.0. The van der Waals surface area contributed by atoms with E-state index in [-0.39, 0.29) is 42.5 Å². The molecule has 2 heterocycles. The van der Waals surface area contributed by atoms with Crippen LogP contribution >= 0.6 is 0 Å². The van der Waals surface area contributed by atoms with Crippen molar-refractivity contribution in [2.75, 3.05) is 13.2 Å². The molecule has 11 atom stereocenters. The van der Waals surface area contributed by atoms with Crippen LogP contribution in [-0.4, -0.2) is 93.6 Å². The smallest absolute Gasteiger partial charge is 0.310 e. The van der Waals surface area contributed by atoms with Gasteiger partial charge in [0.15, 0.2) is 6.29 Å². The molecule has 40 heavy (non-hydrogen) atoms. The minimum absolute atomic E-state index is 0.00678. The van der Waals surface area contributed by atoms with Gasteiger partial charge >= 0.3 is 11.9 Å². The Kier molecular flexibility index (Phi) is 8.24. The lowest BCUT2D eigenvalue weighted by atomic mass is 9.54. The molecule has 0 aromatic heterocycles. The van der Waals surface area contributed by atoms with Crippen molar-refractivity contribution in [2.45, 2.75) is 82.4 Å². The molecule has 0 unspecified atom stereocenters. The molecular weight excluding hydrogens is 524 g/mol. The first kappa shape index (κ1) is 29.0. The summed E-state index contributed by atoms with van der Waals surface area (Å²) < 4.78 is 23.3. The van der Waals surface area contributed by atoms with E-state index in [1.54, 1.807) is 12.1 Å². The fourth-order valence-corrected chi connectivity index (χ4v) is 6.87. The summed E-state index contributed by atoms with van der Waals surface area (Å²) in [5, 5.41) is 49.7. The third-order valence-corrected chi connectivity index (χ3v) is 9.29. The van der Waals surface area contributed by atoms with Gasteiger partial charge in [-0.15, -0.1) is 0 Å². The quantitative estimate of drug-likeness (QED) is 0.233. The predicted molar refractivity (Wildman–Crippen MR) is 137 cm³/mol. The number of aromatic hydroxyl groups is 1. The Morgan fingerprint density at radius 2 is 1.85 bits per heavy atom. The molecule has 4 aliphatic rings. The second kappa shape index (κ2) is 11.4. The SMILES string of the molecule is C[C@@H]1C(=O)O[C@H]2[C@H]1CC[C@]1(C)[C@@H]2C(CO[C@@H]2O[C@H](CO)[C@@H](O)[C@H](O)[C@H]2O)=CC[C@H]1OC(=O)Cc1ccc(O)cc1. The highest BCUT2D eigenvalue weighted by molar-refractivity contribution is 5.75. The Morgan fingerprint density at radius 1 is 1.12 bits per heavy atom. The summed E-state index contributed by atoms with van der Waals surface area (Å²) >= 11 is 0. The Labute approximate surface area is 232 Å². The van der Waals surface area contributed by atoms with Gasteiger partial charge in [0.05, 0.1) is 25.6 Å². The minimum atomic E-state index is -1.56. The standard InChI is InChI=1S/C29H38O11/c1-14-18-9-10-29(2)20(39-21(32)11-15-3-6-17(31)7-4-15)8-5-16(22(29)26(18)40-27(14)36)13-37-28-25(35)24(34)23(33)19(12-30)38-28/h3-7,14,18-20,22-26,28,30-31,33-35H,8-13H2,1-2H3/t14-,18-,19+,20+,22+,23+,24-,25+,26-,28+,29-/m0/s1. The molecule has 0 bridgehead atoms. The molecule has 0 amide bonds. The highest BCUT2D eigenvalue weighted by atomic mass is 16.7. The Hall–Kier alpha value is -2.54.